The van der Waals surface area contributed by atoms with E-state index in [4.69, 9.17) is 9.57 Å². The van der Waals surface area contributed by atoms with E-state index in [-0.39, 0.29) is 17.9 Å². The summed E-state index contributed by atoms with van der Waals surface area (Å²) in [7, 11) is 1.54. The van der Waals surface area contributed by atoms with Crippen LogP contribution in [0.4, 0.5) is 5.82 Å². The number of aliphatic imine (C=N–C) groups is 1. The largest absolute Gasteiger partial charge is 0.481 e. The summed E-state index contributed by atoms with van der Waals surface area (Å²) in [5, 5.41) is 14.0. The van der Waals surface area contributed by atoms with Crippen molar-refractivity contribution in [2.24, 2.45) is 4.99 Å². The molecule has 1 aliphatic heterocycles. The predicted molar refractivity (Wildman–Crippen MR) is 123 cm³/mol. The number of hydroxylamine groups is 1. The maximum atomic E-state index is 12.4. The molecule has 0 radical (unpaired) electrons. The molecule has 0 bridgehead atoms. The molecule has 0 fully saturated rings. The highest BCUT2D eigenvalue weighted by Crippen LogP contribution is 2.33. The first-order chi connectivity index (χ1) is 16.1. The van der Waals surface area contributed by atoms with E-state index in [9.17, 15) is 9.59 Å². The van der Waals surface area contributed by atoms with Crippen LogP contribution >= 0.6 is 0 Å². The minimum atomic E-state index is -1.00. The van der Waals surface area contributed by atoms with Crippen LogP contribution < -0.4 is 26.4 Å². The van der Waals surface area contributed by atoms with E-state index >= 15 is 0 Å². The Morgan fingerprint density at radius 1 is 1.18 bits per heavy atom. The third kappa shape index (κ3) is 5.09. The average molecular weight is 451 g/mol. The standard InChI is InChI=1S/C22H25N7O4/c1-32-19-8-7-15(13-25-19)22(26-14-27-33-22)10-9-18(30)23-11-4-12-24-20-16-5-2-3-6-17(16)21(31)29-28-20/h2-3,5-8,13-14H,4,9-12H2,1H3,(H,23,30)(H,24,28)(H,26,27)(H,29,31). The first-order valence-corrected chi connectivity index (χ1v) is 10.6. The molecule has 1 unspecified atom stereocenters. The highest BCUT2D eigenvalue weighted by Gasteiger charge is 2.37. The Balaban J connectivity index is 1.24. The summed E-state index contributed by atoms with van der Waals surface area (Å²) in [5.74, 6) is 0.990. The van der Waals surface area contributed by atoms with E-state index in [1.54, 1.807) is 25.4 Å². The van der Waals surface area contributed by atoms with Crippen LogP contribution in [-0.2, 0) is 15.4 Å². The summed E-state index contributed by atoms with van der Waals surface area (Å²) >= 11 is 0. The number of aromatic amines is 1. The quantitative estimate of drug-likeness (QED) is 0.339. The first-order valence-electron chi connectivity index (χ1n) is 10.6. The highest BCUT2D eigenvalue weighted by molar-refractivity contribution is 5.90. The van der Waals surface area contributed by atoms with Crippen LogP contribution in [0.15, 0.2) is 52.4 Å². The number of nitrogens with one attached hydrogen (secondary N) is 4. The summed E-state index contributed by atoms with van der Waals surface area (Å²) in [4.78, 5) is 38.4. The number of ether oxygens (including phenoxy) is 1. The Hall–Kier alpha value is -3.99. The molecule has 3 heterocycles. The molecule has 4 N–H and O–H groups in total. The van der Waals surface area contributed by atoms with Gasteiger partial charge in [0.2, 0.25) is 17.5 Å². The molecule has 4 rings (SSSR count). The van der Waals surface area contributed by atoms with Crippen LogP contribution in [0, 0.1) is 0 Å². The van der Waals surface area contributed by atoms with Crippen LogP contribution in [0.5, 0.6) is 5.88 Å². The van der Waals surface area contributed by atoms with Gasteiger partial charge in [0.1, 0.15) is 6.34 Å². The number of carbonyl (C=O) groups is 1. The Morgan fingerprint density at radius 3 is 2.76 bits per heavy atom. The van der Waals surface area contributed by atoms with Crippen molar-refractivity contribution >= 4 is 28.8 Å². The van der Waals surface area contributed by atoms with E-state index in [1.807, 2.05) is 24.3 Å². The molecule has 0 saturated heterocycles. The number of H-pyrrole nitrogens is 1. The van der Waals surface area contributed by atoms with Gasteiger partial charge < -0.3 is 15.4 Å². The number of hydrogen-bond acceptors (Lipinski definition) is 9. The number of amides is 1. The number of carbonyl (C=O) groups excluding carboxylic acids is 1. The fourth-order valence-corrected chi connectivity index (χ4v) is 3.55. The van der Waals surface area contributed by atoms with Gasteiger partial charge in [0, 0.05) is 49.1 Å². The number of anilines is 1. The van der Waals surface area contributed by atoms with E-state index in [0.717, 1.165) is 10.9 Å². The number of aromatic nitrogens is 3. The molecule has 11 nitrogen and oxygen atoms in total. The fraction of sp³-hybridized carbons (Fsp3) is 0.318. The van der Waals surface area contributed by atoms with Crippen molar-refractivity contribution in [1.29, 1.82) is 0 Å². The minimum Gasteiger partial charge on any atom is -0.481 e. The van der Waals surface area contributed by atoms with Crippen molar-refractivity contribution in [3.05, 3.63) is 58.5 Å². The van der Waals surface area contributed by atoms with E-state index in [2.05, 4.69) is 36.3 Å². The molecular weight excluding hydrogens is 426 g/mol. The molecule has 0 aliphatic carbocycles. The maximum Gasteiger partial charge on any atom is 0.272 e. The van der Waals surface area contributed by atoms with Crippen molar-refractivity contribution in [3.8, 4) is 5.88 Å². The van der Waals surface area contributed by atoms with Crippen molar-refractivity contribution in [2.75, 3.05) is 25.5 Å². The molecule has 2 aromatic heterocycles. The Morgan fingerprint density at radius 2 is 2.03 bits per heavy atom. The number of benzene rings is 1. The zero-order valence-corrected chi connectivity index (χ0v) is 18.1. The maximum absolute atomic E-state index is 12.4. The molecule has 0 spiro atoms. The zero-order chi connectivity index (χ0) is 23.1. The van der Waals surface area contributed by atoms with Gasteiger partial charge in [0.25, 0.3) is 5.56 Å². The minimum absolute atomic E-state index is 0.103. The van der Waals surface area contributed by atoms with Crippen LogP contribution in [-0.4, -0.2) is 47.6 Å². The van der Waals surface area contributed by atoms with Gasteiger partial charge >= 0.3 is 0 Å². The second kappa shape index (κ2) is 10.1. The lowest BCUT2D eigenvalue weighted by atomic mass is 9.99. The Labute approximate surface area is 189 Å². The van der Waals surface area contributed by atoms with Gasteiger partial charge in [-0.25, -0.2) is 19.9 Å². The third-order valence-corrected chi connectivity index (χ3v) is 5.31. The summed E-state index contributed by atoms with van der Waals surface area (Å²) in [5.41, 5.74) is 2.13. The number of rotatable bonds is 10. The number of hydrogen-bond donors (Lipinski definition) is 4. The second-order valence-electron chi connectivity index (χ2n) is 7.43. The molecule has 3 aromatic rings. The van der Waals surface area contributed by atoms with Crippen molar-refractivity contribution in [3.63, 3.8) is 0 Å². The molecule has 1 aliphatic rings. The predicted octanol–water partition coefficient (Wildman–Crippen LogP) is 1.44. The molecule has 11 heteroatoms. The Kier molecular flexibility index (Phi) is 6.79. The topological polar surface area (TPSA) is 143 Å². The van der Waals surface area contributed by atoms with Gasteiger partial charge in [-0.3, -0.25) is 15.1 Å². The molecule has 1 atom stereocenters. The lowest BCUT2D eigenvalue weighted by Gasteiger charge is -2.24. The van der Waals surface area contributed by atoms with Crippen molar-refractivity contribution in [2.45, 2.75) is 25.0 Å². The normalized spacial score (nSPS) is 17.0. The van der Waals surface area contributed by atoms with Gasteiger partial charge in [-0.15, -0.1) is 0 Å². The zero-order valence-electron chi connectivity index (χ0n) is 18.1. The van der Waals surface area contributed by atoms with E-state index in [0.29, 0.717) is 43.0 Å². The summed E-state index contributed by atoms with van der Waals surface area (Å²) in [6.07, 6.45) is 4.35. The van der Waals surface area contributed by atoms with E-state index < -0.39 is 5.72 Å². The molecule has 1 amide bonds. The number of nitrogens with zero attached hydrogens (tertiary/aromatic N) is 3. The molecule has 172 valence electrons. The lowest BCUT2D eigenvalue weighted by Crippen LogP contribution is -2.31. The van der Waals surface area contributed by atoms with Crippen LogP contribution in [0.1, 0.15) is 24.8 Å². The van der Waals surface area contributed by atoms with Crippen molar-refractivity contribution in [1.82, 2.24) is 26.0 Å². The first kappa shape index (κ1) is 22.2. The van der Waals surface area contributed by atoms with Crippen molar-refractivity contribution < 1.29 is 14.4 Å². The van der Waals surface area contributed by atoms with E-state index in [1.165, 1.54) is 6.34 Å². The highest BCUT2D eigenvalue weighted by atomic mass is 16.7. The molecule has 1 aromatic carbocycles. The number of methoxy groups -OCH3 is 1. The third-order valence-electron chi connectivity index (χ3n) is 5.31. The van der Waals surface area contributed by atoms with Gasteiger partial charge in [0.05, 0.1) is 12.5 Å². The van der Waals surface area contributed by atoms with Crippen LogP contribution in [0.3, 0.4) is 0 Å². The fourth-order valence-electron chi connectivity index (χ4n) is 3.55. The smallest absolute Gasteiger partial charge is 0.272 e. The lowest BCUT2D eigenvalue weighted by molar-refractivity contribution is -0.124. The molecule has 0 saturated carbocycles. The van der Waals surface area contributed by atoms with Gasteiger partial charge in [-0.1, -0.05) is 18.2 Å². The average Bonchev–Trinajstić information content (AvgIpc) is 3.34. The second-order valence-corrected chi connectivity index (χ2v) is 7.43. The molecular formula is C22H25N7O4. The Bertz CT molecular complexity index is 1200. The number of fused-ring (bicyclic) bond motifs is 1. The van der Waals surface area contributed by atoms with Crippen LogP contribution in [0.25, 0.3) is 10.8 Å². The summed E-state index contributed by atoms with van der Waals surface area (Å²) in [6, 6.07) is 10.8. The van der Waals surface area contributed by atoms with Gasteiger partial charge in [0.15, 0.2) is 5.82 Å². The number of pyridine rings is 1. The van der Waals surface area contributed by atoms with Gasteiger partial charge in [-0.05, 0) is 18.6 Å². The summed E-state index contributed by atoms with van der Waals surface area (Å²) < 4.78 is 5.09. The monoisotopic (exact) mass is 451 g/mol. The van der Waals surface area contributed by atoms with Crippen LogP contribution in [0.2, 0.25) is 0 Å². The molecule has 33 heavy (non-hydrogen) atoms. The summed E-state index contributed by atoms with van der Waals surface area (Å²) in [6.45, 7) is 1.08. The SMILES string of the molecule is COc1ccc(C2(CCC(=O)NCCCNc3n[nH]c(=O)c4ccccc34)N=CNO2)cn1. The van der Waals surface area contributed by atoms with Gasteiger partial charge in [-0.2, -0.15) is 5.10 Å².